The van der Waals surface area contributed by atoms with Gasteiger partial charge in [0.2, 0.25) is 0 Å². The van der Waals surface area contributed by atoms with E-state index in [1.165, 1.54) is 37.5 Å². The van der Waals surface area contributed by atoms with Gasteiger partial charge < -0.3 is 14.6 Å². The lowest BCUT2D eigenvalue weighted by Gasteiger charge is -2.18. The topological polar surface area (TPSA) is 88.0 Å². The molecule has 0 fully saturated rings. The molecule has 2 rings (SSSR count). The molecule has 1 aliphatic carbocycles. The van der Waals surface area contributed by atoms with Gasteiger partial charge in [0, 0.05) is 5.57 Å². The summed E-state index contributed by atoms with van der Waals surface area (Å²) in [6.45, 7) is 1.84. The normalized spacial score (nSPS) is 17.9. The van der Waals surface area contributed by atoms with Gasteiger partial charge in [0.25, 0.3) is 10.0 Å². The van der Waals surface area contributed by atoms with Crippen LogP contribution in [0.25, 0.3) is 0 Å². The molecule has 128 valence electrons. The van der Waals surface area contributed by atoms with Crippen LogP contribution in [0.2, 0.25) is 5.02 Å². The summed E-state index contributed by atoms with van der Waals surface area (Å²) >= 11 is 5.96. The van der Waals surface area contributed by atoms with Crippen LogP contribution in [-0.4, -0.2) is 27.8 Å². The van der Waals surface area contributed by atoms with E-state index in [4.69, 9.17) is 21.1 Å². The first-order chi connectivity index (χ1) is 11.4. The first-order valence-electron chi connectivity index (χ1n) is 6.96. The Balaban J connectivity index is 2.47. The summed E-state index contributed by atoms with van der Waals surface area (Å²) in [5, 5.41) is 12.1. The molecule has 0 amide bonds. The highest BCUT2D eigenvalue weighted by molar-refractivity contribution is 7.90. The van der Waals surface area contributed by atoms with Crippen molar-refractivity contribution >= 4 is 27.3 Å². The predicted molar refractivity (Wildman–Crippen MR) is 89.6 cm³/mol. The van der Waals surface area contributed by atoms with Crippen LogP contribution in [0, 0.1) is 0 Å². The largest absolute Gasteiger partial charge is 0.613 e. The Labute approximate surface area is 145 Å². The molecule has 0 saturated carbocycles. The first kappa shape index (κ1) is 18.1. The minimum absolute atomic E-state index is 0.00268. The second-order valence-corrected chi connectivity index (χ2v) is 6.61. The molecular formula is C16H15ClNO5S-. The van der Waals surface area contributed by atoms with E-state index >= 15 is 0 Å². The van der Waals surface area contributed by atoms with E-state index in [1.807, 2.05) is 0 Å². The Hall–Kier alpha value is -2.25. The van der Waals surface area contributed by atoms with E-state index in [2.05, 4.69) is 4.40 Å². The van der Waals surface area contributed by atoms with Crippen molar-refractivity contribution in [1.82, 2.24) is 0 Å². The summed E-state index contributed by atoms with van der Waals surface area (Å²) < 4.78 is 38.6. The molecular weight excluding hydrogens is 354 g/mol. The molecule has 1 aliphatic rings. The van der Waals surface area contributed by atoms with Crippen molar-refractivity contribution in [2.75, 3.05) is 13.7 Å². The van der Waals surface area contributed by atoms with Crippen molar-refractivity contribution in [3.8, 4) is 5.75 Å². The Morgan fingerprint density at radius 1 is 1.29 bits per heavy atom. The van der Waals surface area contributed by atoms with Crippen LogP contribution >= 0.6 is 11.6 Å². The molecule has 24 heavy (non-hydrogen) atoms. The Bertz CT molecular complexity index is 853. The predicted octanol–water partition coefficient (Wildman–Crippen LogP) is 2.21. The van der Waals surface area contributed by atoms with E-state index in [-0.39, 0.29) is 27.8 Å². The Morgan fingerprint density at radius 3 is 2.62 bits per heavy atom. The molecule has 8 heteroatoms. The third-order valence-corrected chi connectivity index (χ3v) is 4.62. The SMILES string of the molecule is CCOC([O-])=C1C=CC=CC1=NS(=O)(=O)c1ccc(OC)c(Cl)c1. The van der Waals surface area contributed by atoms with Crippen molar-refractivity contribution in [3.05, 3.63) is 59.0 Å². The molecule has 0 spiro atoms. The Kier molecular flexibility index (Phi) is 5.69. The van der Waals surface area contributed by atoms with Gasteiger partial charge in [0.05, 0.1) is 28.7 Å². The maximum absolute atomic E-state index is 12.5. The van der Waals surface area contributed by atoms with E-state index in [9.17, 15) is 13.5 Å². The molecule has 0 aliphatic heterocycles. The van der Waals surface area contributed by atoms with Gasteiger partial charge in [-0.3, -0.25) is 0 Å². The van der Waals surface area contributed by atoms with Gasteiger partial charge in [-0.25, -0.2) is 0 Å². The van der Waals surface area contributed by atoms with Crippen LogP contribution < -0.4 is 9.84 Å². The lowest BCUT2D eigenvalue weighted by molar-refractivity contribution is -0.357. The fraction of sp³-hybridized carbons (Fsp3) is 0.188. The molecule has 0 unspecified atom stereocenters. The molecule has 1 aromatic rings. The molecule has 0 bridgehead atoms. The quantitative estimate of drug-likeness (QED) is 0.743. The average Bonchev–Trinajstić information content (AvgIpc) is 2.55. The highest BCUT2D eigenvalue weighted by atomic mass is 35.5. The zero-order valence-electron chi connectivity index (χ0n) is 13.0. The summed E-state index contributed by atoms with van der Waals surface area (Å²) in [7, 11) is -2.63. The fourth-order valence-electron chi connectivity index (χ4n) is 1.92. The highest BCUT2D eigenvalue weighted by Crippen LogP contribution is 2.28. The first-order valence-corrected chi connectivity index (χ1v) is 8.78. The molecule has 0 aromatic heterocycles. The number of rotatable bonds is 5. The fourth-order valence-corrected chi connectivity index (χ4v) is 3.28. The number of halogens is 1. The standard InChI is InChI=1S/C16H16ClNO5S/c1-3-23-16(19)12-6-4-5-7-14(12)18-24(20,21)11-8-9-15(22-2)13(17)10-11/h4-10,19H,3H2,1-2H3/p-1. The molecule has 0 atom stereocenters. The van der Waals surface area contributed by atoms with Gasteiger partial charge >= 0.3 is 0 Å². The number of methoxy groups -OCH3 is 1. The van der Waals surface area contributed by atoms with Crippen molar-refractivity contribution in [2.45, 2.75) is 11.8 Å². The minimum Gasteiger partial charge on any atom is -0.613 e. The van der Waals surface area contributed by atoms with E-state index < -0.39 is 16.0 Å². The van der Waals surface area contributed by atoms with Crippen molar-refractivity contribution in [3.63, 3.8) is 0 Å². The van der Waals surface area contributed by atoms with Gasteiger partial charge in [-0.2, -0.15) is 12.8 Å². The van der Waals surface area contributed by atoms with Crippen LogP contribution in [0.4, 0.5) is 0 Å². The van der Waals surface area contributed by atoms with E-state index in [0.29, 0.717) is 5.75 Å². The zero-order valence-corrected chi connectivity index (χ0v) is 14.6. The van der Waals surface area contributed by atoms with E-state index in [0.717, 1.165) is 0 Å². The summed E-state index contributed by atoms with van der Waals surface area (Å²) in [5.74, 6) is -0.289. The second kappa shape index (κ2) is 7.55. The van der Waals surface area contributed by atoms with Crippen LogP contribution in [0.5, 0.6) is 5.75 Å². The smallest absolute Gasteiger partial charge is 0.282 e. The van der Waals surface area contributed by atoms with Gasteiger partial charge in [-0.05, 0) is 30.9 Å². The van der Waals surface area contributed by atoms with Crippen LogP contribution in [-0.2, 0) is 14.8 Å². The number of benzene rings is 1. The number of hydrogen-bond acceptors (Lipinski definition) is 5. The van der Waals surface area contributed by atoms with Gasteiger partial charge in [0.1, 0.15) is 5.75 Å². The maximum Gasteiger partial charge on any atom is 0.282 e. The third-order valence-electron chi connectivity index (χ3n) is 3.04. The number of nitrogens with zero attached hydrogens (tertiary/aromatic N) is 1. The average molecular weight is 369 g/mol. The summed E-state index contributed by atoms with van der Waals surface area (Å²) in [6.07, 6.45) is 6.06. The summed E-state index contributed by atoms with van der Waals surface area (Å²) in [5.41, 5.74) is 0.0745. The highest BCUT2D eigenvalue weighted by Gasteiger charge is 2.18. The molecule has 0 radical (unpaired) electrons. The van der Waals surface area contributed by atoms with Crippen LogP contribution in [0.15, 0.2) is 63.3 Å². The van der Waals surface area contributed by atoms with Crippen molar-refractivity contribution in [1.29, 1.82) is 0 Å². The molecule has 1 aromatic carbocycles. The summed E-state index contributed by atoms with van der Waals surface area (Å²) in [4.78, 5) is -0.105. The molecule has 6 nitrogen and oxygen atoms in total. The second-order valence-electron chi connectivity index (χ2n) is 4.60. The van der Waals surface area contributed by atoms with Gasteiger partial charge in [-0.15, -0.1) is 0 Å². The number of hydrogen-bond donors (Lipinski definition) is 0. The lowest BCUT2D eigenvalue weighted by atomic mass is 10.1. The van der Waals surface area contributed by atoms with Crippen LogP contribution in [0.1, 0.15) is 6.92 Å². The lowest BCUT2D eigenvalue weighted by Crippen LogP contribution is -2.17. The van der Waals surface area contributed by atoms with Gasteiger partial charge in [-0.1, -0.05) is 36.8 Å². The number of sulfonamides is 1. The molecule has 0 N–H and O–H groups in total. The van der Waals surface area contributed by atoms with Crippen molar-refractivity contribution in [2.24, 2.45) is 4.40 Å². The monoisotopic (exact) mass is 368 g/mol. The third kappa shape index (κ3) is 3.98. The van der Waals surface area contributed by atoms with E-state index in [1.54, 1.807) is 19.1 Å². The molecule has 0 heterocycles. The maximum atomic E-state index is 12.5. The molecule has 0 saturated heterocycles. The van der Waals surface area contributed by atoms with Crippen molar-refractivity contribution < 1.29 is 23.0 Å². The number of ether oxygens (including phenoxy) is 2. The minimum atomic E-state index is -4.05. The Morgan fingerprint density at radius 2 is 2.00 bits per heavy atom. The zero-order chi connectivity index (χ0) is 17.7. The van der Waals surface area contributed by atoms with Gasteiger partial charge in [0.15, 0.2) is 0 Å². The van der Waals surface area contributed by atoms with Crippen LogP contribution in [0.3, 0.4) is 0 Å². The number of allylic oxidation sites excluding steroid dienone is 5. The summed E-state index contributed by atoms with van der Waals surface area (Å²) in [6, 6.07) is 4.00.